The van der Waals surface area contributed by atoms with Gasteiger partial charge in [-0.1, -0.05) is 23.8 Å². The van der Waals surface area contributed by atoms with Crippen molar-refractivity contribution in [3.05, 3.63) is 11.7 Å². The average molecular weight is 240 g/mol. The highest BCUT2D eigenvalue weighted by Gasteiger charge is 2.20. The third-order valence-electron chi connectivity index (χ3n) is 2.62. The number of amidine groups is 1. The lowest BCUT2D eigenvalue weighted by Crippen LogP contribution is -2.41. The topological polar surface area (TPSA) is 63.3 Å². The van der Waals surface area contributed by atoms with Crippen LogP contribution in [0.3, 0.4) is 0 Å². The SMILES string of the molecule is Cc1noc(CN=C2NC(C)C(C)CS2)n1. The summed E-state index contributed by atoms with van der Waals surface area (Å²) < 4.78 is 5.00. The molecule has 1 aromatic heterocycles. The van der Waals surface area contributed by atoms with E-state index in [2.05, 4.69) is 34.3 Å². The number of thioether (sulfide) groups is 1. The van der Waals surface area contributed by atoms with Crippen LogP contribution < -0.4 is 5.32 Å². The van der Waals surface area contributed by atoms with E-state index in [1.807, 2.05) is 0 Å². The number of aryl methyl sites for hydroxylation is 1. The lowest BCUT2D eigenvalue weighted by molar-refractivity contribution is 0.376. The number of aromatic nitrogens is 2. The van der Waals surface area contributed by atoms with E-state index in [1.54, 1.807) is 18.7 Å². The second-order valence-corrected chi connectivity index (χ2v) is 5.09. The Morgan fingerprint density at radius 2 is 2.38 bits per heavy atom. The molecule has 1 aliphatic rings. The molecule has 0 saturated carbocycles. The minimum Gasteiger partial charge on any atom is -0.362 e. The molecule has 1 N–H and O–H groups in total. The average Bonchev–Trinajstić information content (AvgIpc) is 2.66. The van der Waals surface area contributed by atoms with Crippen LogP contribution in [-0.4, -0.2) is 27.1 Å². The zero-order valence-electron chi connectivity index (χ0n) is 9.73. The van der Waals surface area contributed by atoms with E-state index < -0.39 is 0 Å². The monoisotopic (exact) mass is 240 g/mol. The van der Waals surface area contributed by atoms with Crippen molar-refractivity contribution < 1.29 is 4.52 Å². The van der Waals surface area contributed by atoms with E-state index in [0.717, 1.165) is 10.9 Å². The zero-order valence-corrected chi connectivity index (χ0v) is 10.5. The quantitative estimate of drug-likeness (QED) is 0.850. The van der Waals surface area contributed by atoms with Gasteiger partial charge in [0.05, 0.1) is 0 Å². The molecule has 88 valence electrons. The minimum atomic E-state index is 0.456. The van der Waals surface area contributed by atoms with Crippen molar-refractivity contribution in [1.82, 2.24) is 15.5 Å². The maximum absolute atomic E-state index is 5.00. The molecular formula is C10H16N4OS. The van der Waals surface area contributed by atoms with E-state index in [1.165, 1.54) is 0 Å². The molecular weight excluding hydrogens is 224 g/mol. The third-order valence-corrected chi connectivity index (χ3v) is 3.83. The van der Waals surface area contributed by atoms with Gasteiger partial charge < -0.3 is 9.84 Å². The molecule has 0 bridgehead atoms. The second-order valence-electron chi connectivity index (χ2n) is 4.08. The second kappa shape index (κ2) is 4.86. The number of nitrogens with zero attached hydrogens (tertiary/aromatic N) is 3. The fraction of sp³-hybridized carbons (Fsp3) is 0.700. The number of aliphatic imine (C=N–C) groups is 1. The van der Waals surface area contributed by atoms with E-state index in [-0.39, 0.29) is 0 Å². The fourth-order valence-electron chi connectivity index (χ4n) is 1.37. The maximum atomic E-state index is 5.00. The summed E-state index contributed by atoms with van der Waals surface area (Å²) in [7, 11) is 0. The maximum Gasteiger partial charge on any atom is 0.248 e. The Morgan fingerprint density at radius 3 is 3.00 bits per heavy atom. The lowest BCUT2D eigenvalue weighted by atomic mass is 10.1. The van der Waals surface area contributed by atoms with Crippen LogP contribution in [-0.2, 0) is 6.54 Å². The van der Waals surface area contributed by atoms with Crippen LogP contribution in [0.5, 0.6) is 0 Å². The smallest absolute Gasteiger partial charge is 0.248 e. The van der Waals surface area contributed by atoms with Gasteiger partial charge in [0.25, 0.3) is 0 Å². The highest BCUT2D eigenvalue weighted by molar-refractivity contribution is 8.13. The molecule has 2 rings (SSSR count). The predicted octanol–water partition coefficient (Wildman–Crippen LogP) is 1.60. The van der Waals surface area contributed by atoms with Crippen LogP contribution in [0, 0.1) is 12.8 Å². The fourth-order valence-corrected chi connectivity index (χ4v) is 2.50. The summed E-state index contributed by atoms with van der Waals surface area (Å²) in [5.41, 5.74) is 0. The molecule has 2 heterocycles. The van der Waals surface area contributed by atoms with Crippen molar-refractivity contribution in [3.8, 4) is 0 Å². The molecule has 0 radical (unpaired) electrons. The van der Waals surface area contributed by atoms with Crippen molar-refractivity contribution in [2.75, 3.05) is 5.75 Å². The van der Waals surface area contributed by atoms with Crippen LogP contribution >= 0.6 is 11.8 Å². The van der Waals surface area contributed by atoms with Crippen molar-refractivity contribution in [2.45, 2.75) is 33.4 Å². The number of nitrogens with one attached hydrogen (secondary N) is 1. The summed E-state index contributed by atoms with van der Waals surface area (Å²) in [6.07, 6.45) is 0. The van der Waals surface area contributed by atoms with Crippen LogP contribution in [0.25, 0.3) is 0 Å². The van der Waals surface area contributed by atoms with Gasteiger partial charge in [0, 0.05) is 11.8 Å². The van der Waals surface area contributed by atoms with E-state index in [4.69, 9.17) is 4.52 Å². The highest BCUT2D eigenvalue weighted by Crippen LogP contribution is 2.19. The molecule has 6 heteroatoms. The van der Waals surface area contributed by atoms with Gasteiger partial charge in [0.2, 0.25) is 5.89 Å². The van der Waals surface area contributed by atoms with Gasteiger partial charge in [-0.15, -0.1) is 0 Å². The van der Waals surface area contributed by atoms with Crippen LogP contribution in [0.4, 0.5) is 0 Å². The summed E-state index contributed by atoms with van der Waals surface area (Å²) in [5.74, 6) is 3.00. The molecule has 1 aromatic rings. The first kappa shape index (κ1) is 11.4. The molecule has 0 spiro atoms. The Hall–Kier alpha value is -1.04. The Bertz CT molecular complexity index is 390. The predicted molar refractivity (Wildman–Crippen MR) is 64.4 cm³/mol. The molecule has 2 atom stereocenters. The van der Waals surface area contributed by atoms with Crippen molar-refractivity contribution in [2.24, 2.45) is 10.9 Å². The van der Waals surface area contributed by atoms with Gasteiger partial charge in [-0.25, -0.2) is 0 Å². The summed E-state index contributed by atoms with van der Waals surface area (Å²) in [4.78, 5) is 8.53. The van der Waals surface area contributed by atoms with E-state index in [0.29, 0.717) is 30.2 Å². The Labute approximate surface area is 99.1 Å². The van der Waals surface area contributed by atoms with E-state index >= 15 is 0 Å². The van der Waals surface area contributed by atoms with Gasteiger partial charge in [0.1, 0.15) is 6.54 Å². The summed E-state index contributed by atoms with van der Waals surface area (Å²) in [5, 5.41) is 8.06. The number of hydrogen-bond donors (Lipinski definition) is 1. The highest BCUT2D eigenvalue weighted by atomic mass is 32.2. The Balaban J connectivity index is 1.93. The lowest BCUT2D eigenvalue weighted by Gasteiger charge is -2.28. The normalized spacial score (nSPS) is 28.1. The van der Waals surface area contributed by atoms with Gasteiger partial charge in [-0.3, -0.25) is 4.99 Å². The van der Waals surface area contributed by atoms with E-state index in [9.17, 15) is 0 Å². The molecule has 1 fully saturated rings. The first-order valence-corrected chi connectivity index (χ1v) is 6.36. The molecule has 1 saturated heterocycles. The van der Waals surface area contributed by atoms with Gasteiger partial charge >= 0.3 is 0 Å². The summed E-state index contributed by atoms with van der Waals surface area (Å²) >= 11 is 1.75. The molecule has 16 heavy (non-hydrogen) atoms. The van der Waals surface area contributed by atoms with Crippen LogP contribution in [0.15, 0.2) is 9.52 Å². The van der Waals surface area contributed by atoms with Crippen molar-refractivity contribution in [1.29, 1.82) is 0 Å². The standard InChI is InChI=1S/C10H16N4OS/c1-6-5-16-10(12-7(6)2)11-4-9-13-8(3)14-15-9/h6-7H,4-5H2,1-3H3,(H,11,12). The van der Waals surface area contributed by atoms with Gasteiger partial charge in [-0.05, 0) is 19.8 Å². The molecule has 0 aliphatic carbocycles. The number of hydrogen-bond acceptors (Lipinski definition) is 5. The van der Waals surface area contributed by atoms with Crippen molar-refractivity contribution >= 4 is 16.9 Å². The Kier molecular flexibility index (Phi) is 3.48. The first-order chi connectivity index (χ1) is 7.65. The summed E-state index contributed by atoms with van der Waals surface area (Å²) in [6, 6.07) is 0.476. The largest absolute Gasteiger partial charge is 0.362 e. The molecule has 5 nitrogen and oxygen atoms in total. The number of rotatable bonds is 2. The molecule has 1 aliphatic heterocycles. The molecule has 0 aromatic carbocycles. The Morgan fingerprint density at radius 1 is 1.56 bits per heavy atom. The minimum absolute atomic E-state index is 0.456. The van der Waals surface area contributed by atoms with Crippen LogP contribution in [0.2, 0.25) is 0 Å². The zero-order chi connectivity index (χ0) is 11.5. The van der Waals surface area contributed by atoms with Crippen molar-refractivity contribution in [3.63, 3.8) is 0 Å². The third kappa shape index (κ3) is 2.75. The van der Waals surface area contributed by atoms with Gasteiger partial charge in [0.15, 0.2) is 11.0 Å². The van der Waals surface area contributed by atoms with Crippen LogP contribution in [0.1, 0.15) is 25.6 Å². The van der Waals surface area contributed by atoms with Gasteiger partial charge in [-0.2, -0.15) is 4.98 Å². The molecule has 0 amide bonds. The molecule has 2 unspecified atom stereocenters. The first-order valence-electron chi connectivity index (χ1n) is 5.38. The summed E-state index contributed by atoms with van der Waals surface area (Å²) in [6.45, 7) is 6.67.